The number of benzene rings is 1. The Bertz CT molecular complexity index is 606. The van der Waals surface area contributed by atoms with Crippen molar-refractivity contribution in [1.82, 2.24) is 15.1 Å². The Hall–Kier alpha value is -1.81. The molecule has 0 radical (unpaired) electrons. The molecule has 0 bridgehead atoms. The van der Waals surface area contributed by atoms with Crippen molar-refractivity contribution >= 4 is 0 Å². The van der Waals surface area contributed by atoms with Crippen molar-refractivity contribution in [2.45, 2.75) is 33.2 Å². The summed E-state index contributed by atoms with van der Waals surface area (Å²) in [7, 11) is 0. The molecule has 1 aromatic heterocycles. The van der Waals surface area contributed by atoms with E-state index in [4.69, 9.17) is 4.74 Å². The minimum Gasteiger partial charge on any atom is -0.493 e. The highest BCUT2D eigenvalue weighted by Gasteiger charge is 2.23. The molecule has 0 unspecified atom stereocenters. The fourth-order valence-corrected chi connectivity index (χ4v) is 3.02. The lowest BCUT2D eigenvalue weighted by Crippen LogP contribution is -2.31. The zero-order valence-corrected chi connectivity index (χ0v) is 12.9. The Labute approximate surface area is 126 Å². The van der Waals surface area contributed by atoms with Crippen molar-refractivity contribution < 1.29 is 4.74 Å². The van der Waals surface area contributed by atoms with Crippen molar-refractivity contribution in [3.8, 4) is 17.0 Å². The second kappa shape index (κ2) is 6.31. The monoisotopic (exact) mass is 285 g/mol. The molecule has 112 valence electrons. The number of hydrogen-bond acceptors (Lipinski definition) is 3. The molecular formula is C17H23N3O. The van der Waals surface area contributed by atoms with Gasteiger partial charge in [-0.1, -0.05) is 19.1 Å². The van der Waals surface area contributed by atoms with Crippen molar-refractivity contribution in [3.63, 3.8) is 0 Å². The van der Waals surface area contributed by atoms with Crippen LogP contribution in [0.5, 0.6) is 5.75 Å². The highest BCUT2D eigenvalue weighted by atomic mass is 16.5. The molecule has 0 amide bonds. The number of fused-ring (bicyclic) bond motifs is 1. The number of rotatable bonds is 5. The minimum atomic E-state index is 0.672. The second-order valence-corrected chi connectivity index (χ2v) is 5.48. The molecule has 0 saturated heterocycles. The van der Waals surface area contributed by atoms with Gasteiger partial charge < -0.3 is 4.74 Å². The van der Waals surface area contributed by atoms with Gasteiger partial charge in [-0.15, -0.1) is 0 Å². The largest absolute Gasteiger partial charge is 0.493 e. The summed E-state index contributed by atoms with van der Waals surface area (Å²) in [6.07, 6.45) is 2.25. The Balaban J connectivity index is 1.96. The molecule has 0 fully saturated rings. The van der Waals surface area contributed by atoms with Crippen LogP contribution in [-0.4, -0.2) is 34.8 Å². The number of para-hydroxylation sites is 1. The minimum absolute atomic E-state index is 0.672. The summed E-state index contributed by atoms with van der Waals surface area (Å²) in [6.45, 7) is 8.17. The first-order valence-electron chi connectivity index (χ1n) is 7.84. The summed E-state index contributed by atoms with van der Waals surface area (Å²) < 4.78 is 5.76. The van der Waals surface area contributed by atoms with Crippen LogP contribution in [0.4, 0.5) is 0 Å². The fraction of sp³-hybridized carbons (Fsp3) is 0.471. The topological polar surface area (TPSA) is 41.2 Å². The number of nitrogens with one attached hydrogen (secondary N) is 1. The summed E-state index contributed by atoms with van der Waals surface area (Å²) in [5.74, 6) is 0.918. The Kier molecular flexibility index (Phi) is 4.25. The lowest BCUT2D eigenvalue weighted by molar-refractivity contribution is 0.254. The van der Waals surface area contributed by atoms with Gasteiger partial charge in [-0.05, 0) is 32.0 Å². The average molecular weight is 285 g/mol. The maximum atomic E-state index is 5.76. The van der Waals surface area contributed by atoms with Gasteiger partial charge in [0.25, 0.3) is 0 Å². The number of aromatic amines is 1. The van der Waals surface area contributed by atoms with Gasteiger partial charge in [-0.2, -0.15) is 5.10 Å². The van der Waals surface area contributed by atoms with Gasteiger partial charge in [0, 0.05) is 36.3 Å². The molecular weight excluding hydrogens is 262 g/mol. The number of H-pyrrole nitrogens is 1. The second-order valence-electron chi connectivity index (χ2n) is 5.48. The smallest absolute Gasteiger partial charge is 0.128 e. The van der Waals surface area contributed by atoms with Crippen molar-refractivity contribution in [3.05, 3.63) is 35.5 Å². The average Bonchev–Trinajstić information content (AvgIpc) is 2.92. The van der Waals surface area contributed by atoms with Gasteiger partial charge in [0.05, 0.1) is 6.61 Å². The van der Waals surface area contributed by atoms with Crippen molar-refractivity contribution in [2.24, 2.45) is 0 Å². The fourth-order valence-electron chi connectivity index (χ4n) is 3.02. The van der Waals surface area contributed by atoms with Gasteiger partial charge in [-0.3, -0.25) is 10.00 Å². The highest BCUT2D eigenvalue weighted by molar-refractivity contribution is 5.70. The van der Waals surface area contributed by atoms with E-state index < -0.39 is 0 Å². The maximum absolute atomic E-state index is 5.76. The zero-order valence-electron chi connectivity index (χ0n) is 12.9. The number of nitrogens with zero attached hydrogens (tertiary/aromatic N) is 2. The van der Waals surface area contributed by atoms with Gasteiger partial charge in [0.15, 0.2) is 0 Å². The molecule has 1 aromatic carbocycles. The van der Waals surface area contributed by atoms with E-state index >= 15 is 0 Å². The van der Waals surface area contributed by atoms with Gasteiger partial charge in [-0.25, -0.2) is 0 Å². The van der Waals surface area contributed by atoms with Crippen LogP contribution in [0.15, 0.2) is 24.3 Å². The Morgan fingerprint density at radius 3 is 2.95 bits per heavy atom. The van der Waals surface area contributed by atoms with Crippen LogP contribution in [0.2, 0.25) is 0 Å². The summed E-state index contributed by atoms with van der Waals surface area (Å²) in [4.78, 5) is 2.50. The van der Waals surface area contributed by atoms with E-state index in [1.165, 1.54) is 17.7 Å². The third-order valence-corrected chi connectivity index (χ3v) is 3.99. The molecule has 1 aliphatic rings. The molecule has 21 heavy (non-hydrogen) atoms. The SMILES string of the molecule is CCCN1CCc2[nH]nc(-c3ccccc3OCC)c2C1. The quantitative estimate of drug-likeness (QED) is 0.917. The molecule has 2 aromatic rings. The molecule has 0 saturated carbocycles. The Morgan fingerprint density at radius 1 is 1.29 bits per heavy atom. The first kappa shape index (κ1) is 14.1. The van der Waals surface area contributed by atoms with E-state index in [0.29, 0.717) is 6.61 Å². The maximum Gasteiger partial charge on any atom is 0.128 e. The van der Waals surface area contributed by atoms with Crippen LogP contribution in [0.3, 0.4) is 0 Å². The van der Waals surface area contributed by atoms with Gasteiger partial charge >= 0.3 is 0 Å². The van der Waals surface area contributed by atoms with E-state index in [1.807, 2.05) is 25.1 Å². The summed E-state index contributed by atoms with van der Waals surface area (Å²) >= 11 is 0. The van der Waals surface area contributed by atoms with Crippen LogP contribution in [0, 0.1) is 0 Å². The number of aromatic nitrogens is 2. The standard InChI is InChI=1S/C17H23N3O/c1-3-10-20-11-9-15-14(12-20)17(19-18-15)13-7-5-6-8-16(13)21-4-2/h5-8H,3-4,9-12H2,1-2H3,(H,18,19). The Morgan fingerprint density at radius 2 is 2.14 bits per heavy atom. The number of hydrogen-bond donors (Lipinski definition) is 1. The van der Waals surface area contributed by atoms with Crippen molar-refractivity contribution in [2.75, 3.05) is 19.7 Å². The van der Waals surface area contributed by atoms with Crippen LogP contribution in [0.25, 0.3) is 11.3 Å². The highest BCUT2D eigenvalue weighted by Crippen LogP contribution is 2.34. The lowest BCUT2D eigenvalue weighted by atomic mass is 10.0. The van der Waals surface area contributed by atoms with E-state index in [9.17, 15) is 0 Å². The molecule has 2 heterocycles. The van der Waals surface area contributed by atoms with E-state index in [-0.39, 0.29) is 0 Å². The predicted octanol–water partition coefficient (Wildman–Crippen LogP) is 3.24. The first-order chi connectivity index (χ1) is 10.3. The van der Waals surface area contributed by atoms with Crippen molar-refractivity contribution in [1.29, 1.82) is 0 Å². The molecule has 0 atom stereocenters. The molecule has 1 aliphatic heterocycles. The number of ether oxygens (including phenoxy) is 1. The van der Waals surface area contributed by atoms with E-state index in [0.717, 1.165) is 43.1 Å². The van der Waals surface area contributed by atoms with Crippen LogP contribution >= 0.6 is 0 Å². The lowest BCUT2D eigenvalue weighted by Gasteiger charge is -2.26. The summed E-state index contributed by atoms with van der Waals surface area (Å²) in [5.41, 5.74) is 4.76. The van der Waals surface area contributed by atoms with E-state index in [1.54, 1.807) is 0 Å². The predicted molar refractivity (Wildman–Crippen MR) is 84.5 cm³/mol. The summed E-state index contributed by atoms with van der Waals surface area (Å²) in [5, 5.41) is 7.80. The van der Waals surface area contributed by atoms with Crippen LogP contribution in [-0.2, 0) is 13.0 Å². The molecule has 0 spiro atoms. The molecule has 4 nitrogen and oxygen atoms in total. The molecule has 1 N–H and O–H groups in total. The molecule has 3 rings (SSSR count). The van der Waals surface area contributed by atoms with Crippen LogP contribution in [0.1, 0.15) is 31.5 Å². The summed E-state index contributed by atoms with van der Waals surface area (Å²) in [6, 6.07) is 8.18. The van der Waals surface area contributed by atoms with Crippen LogP contribution < -0.4 is 4.74 Å². The van der Waals surface area contributed by atoms with Gasteiger partial charge in [0.2, 0.25) is 0 Å². The first-order valence-corrected chi connectivity index (χ1v) is 7.84. The molecule has 4 heteroatoms. The molecule has 0 aliphatic carbocycles. The zero-order chi connectivity index (χ0) is 14.7. The normalized spacial score (nSPS) is 15.0. The van der Waals surface area contributed by atoms with E-state index in [2.05, 4.69) is 28.1 Å². The third kappa shape index (κ3) is 2.81. The third-order valence-electron chi connectivity index (χ3n) is 3.99. The van der Waals surface area contributed by atoms with Gasteiger partial charge in [0.1, 0.15) is 11.4 Å².